The van der Waals surface area contributed by atoms with Crippen LogP contribution in [0.5, 0.6) is 5.75 Å². The number of hydrogen-bond donors (Lipinski definition) is 0. The standard InChI is InChI=1S/C38H44ClN3O4S/c1-44-35(26-8-6-25(7-9-26)22-47-37-40-17-4-18-41-37)31-13-10-29(31)21-42-23-38(16-3-5-27-19-30(39)12-14-32(27)38)24-46-34-15-11-28(20-33(34)42)36(43)45-2/h4,8,11-12,14-15,17-20,25,29,31,35H,3,5-7,9-10,13,16,21-24H2,1-2H3/t25-,29-,31+,35+,38-/m0/s1. The topological polar surface area (TPSA) is 73.8 Å². The third-order valence-corrected chi connectivity index (χ3v) is 12.3. The van der Waals surface area contributed by atoms with Crippen molar-refractivity contribution in [2.75, 3.05) is 44.6 Å². The van der Waals surface area contributed by atoms with Gasteiger partial charge in [0, 0.05) is 48.8 Å². The number of fused-ring (bicyclic) bond motifs is 3. The van der Waals surface area contributed by atoms with Crippen LogP contribution in [0.25, 0.3) is 0 Å². The summed E-state index contributed by atoms with van der Waals surface area (Å²) in [6.07, 6.45) is 15.0. The molecule has 0 amide bonds. The number of carbonyl (C=O) groups excluding carboxylic acids is 1. The lowest BCUT2D eigenvalue weighted by Gasteiger charge is -2.47. The first kappa shape index (κ1) is 32.5. The number of allylic oxidation sites excluding steroid dienone is 1. The number of aryl methyl sites for hydroxylation is 1. The Hall–Kier alpha value is -3.07. The summed E-state index contributed by atoms with van der Waals surface area (Å²) < 4.78 is 18.0. The first-order valence-corrected chi connectivity index (χ1v) is 18.3. The van der Waals surface area contributed by atoms with E-state index in [-0.39, 0.29) is 17.5 Å². The number of aromatic nitrogens is 2. The van der Waals surface area contributed by atoms with Crippen LogP contribution >= 0.6 is 23.4 Å². The smallest absolute Gasteiger partial charge is 0.337 e. The highest BCUT2D eigenvalue weighted by Gasteiger charge is 2.45. The fourth-order valence-electron chi connectivity index (χ4n) is 8.33. The fourth-order valence-corrected chi connectivity index (χ4v) is 9.49. The van der Waals surface area contributed by atoms with Crippen molar-refractivity contribution in [3.8, 4) is 5.75 Å². The highest BCUT2D eigenvalue weighted by atomic mass is 35.5. The summed E-state index contributed by atoms with van der Waals surface area (Å²) in [5.74, 6) is 3.10. The molecule has 2 heterocycles. The minimum Gasteiger partial charge on any atom is -0.490 e. The summed E-state index contributed by atoms with van der Waals surface area (Å²) >= 11 is 8.21. The van der Waals surface area contributed by atoms with Gasteiger partial charge in [0.1, 0.15) is 5.75 Å². The number of halogens is 1. The molecular formula is C38H44ClN3O4S. The van der Waals surface area contributed by atoms with E-state index in [1.165, 1.54) is 30.2 Å². The number of thioether (sulfide) groups is 1. The highest BCUT2D eigenvalue weighted by molar-refractivity contribution is 7.99. The Morgan fingerprint density at radius 3 is 2.74 bits per heavy atom. The van der Waals surface area contributed by atoms with Gasteiger partial charge in [-0.05, 0) is 122 Å². The molecule has 7 rings (SSSR count). The van der Waals surface area contributed by atoms with Crippen LogP contribution in [0.1, 0.15) is 66.4 Å². The zero-order valence-corrected chi connectivity index (χ0v) is 28.9. The predicted molar refractivity (Wildman–Crippen MR) is 187 cm³/mol. The molecule has 5 atom stereocenters. The van der Waals surface area contributed by atoms with Gasteiger partial charge in [0.25, 0.3) is 0 Å². The number of ether oxygens (including phenoxy) is 3. The second-order valence-electron chi connectivity index (χ2n) is 13.7. The number of carbonyl (C=O) groups is 1. The number of hydrogen-bond acceptors (Lipinski definition) is 8. The van der Waals surface area contributed by atoms with Gasteiger partial charge in [-0.15, -0.1) is 0 Å². The van der Waals surface area contributed by atoms with E-state index in [9.17, 15) is 4.79 Å². The van der Waals surface area contributed by atoms with Gasteiger partial charge in [-0.3, -0.25) is 0 Å². The minimum atomic E-state index is -0.331. The molecule has 1 saturated carbocycles. The monoisotopic (exact) mass is 673 g/mol. The van der Waals surface area contributed by atoms with Crippen LogP contribution in [0, 0.1) is 17.8 Å². The SMILES string of the molecule is COC(=O)c1ccc2c(c1)N(C[C@@H]1CC[C@H]1[C@H](OC)C1=CC[C@H](CSc3ncccn3)CC1)C[C@@]1(CCCc3cc(Cl)ccc31)CO2. The fraction of sp³-hybridized carbons (Fsp3) is 0.500. The molecule has 1 aromatic heterocycles. The van der Waals surface area contributed by atoms with Crippen LogP contribution in [0.4, 0.5) is 5.69 Å². The summed E-state index contributed by atoms with van der Waals surface area (Å²) in [7, 11) is 3.32. The van der Waals surface area contributed by atoms with Crippen LogP contribution in [0.15, 0.2) is 71.7 Å². The molecule has 0 unspecified atom stereocenters. The molecule has 0 saturated heterocycles. The maximum Gasteiger partial charge on any atom is 0.337 e. The zero-order chi connectivity index (χ0) is 32.4. The Labute approximate surface area is 287 Å². The van der Waals surface area contributed by atoms with Crippen LogP contribution in [-0.2, 0) is 21.3 Å². The number of benzene rings is 2. The molecule has 1 aliphatic heterocycles. The third kappa shape index (κ3) is 6.79. The molecule has 1 spiro atoms. The summed E-state index contributed by atoms with van der Waals surface area (Å²) in [5, 5.41) is 1.64. The van der Waals surface area contributed by atoms with Crippen LogP contribution in [0.2, 0.25) is 5.02 Å². The highest BCUT2D eigenvalue weighted by Crippen LogP contribution is 2.48. The van der Waals surface area contributed by atoms with E-state index >= 15 is 0 Å². The van der Waals surface area contributed by atoms with Crippen molar-refractivity contribution in [2.24, 2.45) is 17.8 Å². The molecule has 3 aromatic rings. The molecule has 0 radical (unpaired) electrons. The molecule has 0 bridgehead atoms. The Kier molecular flexibility index (Phi) is 9.81. The molecule has 4 aliphatic rings. The first-order chi connectivity index (χ1) is 23.0. The Morgan fingerprint density at radius 2 is 2.00 bits per heavy atom. The van der Waals surface area contributed by atoms with Crippen molar-refractivity contribution >= 4 is 35.0 Å². The average molecular weight is 674 g/mol. The van der Waals surface area contributed by atoms with Gasteiger partial charge in [-0.2, -0.15) is 0 Å². The number of rotatable bonds is 9. The quantitative estimate of drug-likeness (QED) is 0.0981. The van der Waals surface area contributed by atoms with Gasteiger partial charge in [0.05, 0.1) is 31.1 Å². The molecule has 248 valence electrons. The summed E-state index contributed by atoms with van der Waals surface area (Å²) in [5.41, 5.74) is 5.49. The summed E-state index contributed by atoms with van der Waals surface area (Å²) in [6.45, 7) is 2.31. The van der Waals surface area contributed by atoms with E-state index in [4.69, 9.17) is 25.8 Å². The maximum absolute atomic E-state index is 12.6. The van der Waals surface area contributed by atoms with E-state index in [0.717, 1.165) is 85.4 Å². The molecule has 2 aromatic carbocycles. The van der Waals surface area contributed by atoms with Crippen molar-refractivity contribution in [3.05, 3.63) is 88.2 Å². The Balaban J connectivity index is 1.11. The second kappa shape index (κ2) is 14.2. The van der Waals surface area contributed by atoms with Gasteiger partial charge in [-0.1, -0.05) is 35.5 Å². The maximum atomic E-state index is 12.6. The Morgan fingerprint density at radius 1 is 1.13 bits per heavy atom. The average Bonchev–Trinajstić information content (AvgIpc) is 3.25. The minimum absolute atomic E-state index is 0.135. The van der Waals surface area contributed by atoms with Gasteiger partial charge >= 0.3 is 5.97 Å². The van der Waals surface area contributed by atoms with Gasteiger partial charge in [0.2, 0.25) is 0 Å². The molecule has 0 N–H and O–H groups in total. The number of nitrogens with zero attached hydrogens (tertiary/aromatic N) is 3. The lowest BCUT2D eigenvalue weighted by molar-refractivity contribution is 0.00323. The zero-order valence-electron chi connectivity index (χ0n) is 27.3. The van der Waals surface area contributed by atoms with E-state index < -0.39 is 0 Å². The molecule has 47 heavy (non-hydrogen) atoms. The number of anilines is 1. The van der Waals surface area contributed by atoms with Gasteiger partial charge < -0.3 is 19.1 Å². The van der Waals surface area contributed by atoms with Crippen molar-refractivity contribution in [1.29, 1.82) is 0 Å². The Bertz CT molecular complexity index is 1620. The van der Waals surface area contributed by atoms with Crippen molar-refractivity contribution in [3.63, 3.8) is 0 Å². The van der Waals surface area contributed by atoms with Gasteiger partial charge in [-0.25, -0.2) is 14.8 Å². The third-order valence-electron chi connectivity index (χ3n) is 10.9. The van der Waals surface area contributed by atoms with Crippen molar-refractivity contribution in [1.82, 2.24) is 9.97 Å². The van der Waals surface area contributed by atoms with Crippen LogP contribution in [0.3, 0.4) is 0 Å². The largest absolute Gasteiger partial charge is 0.490 e. The number of esters is 1. The normalized spacial score (nSPS) is 25.8. The van der Waals surface area contributed by atoms with Gasteiger partial charge in [0.15, 0.2) is 5.16 Å². The lowest BCUT2D eigenvalue weighted by Crippen LogP contribution is -2.50. The first-order valence-electron chi connectivity index (χ1n) is 17.0. The van der Waals surface area contributed by atoms with E-state index in [1.807, 2.05) is 49.8 Å². The molecule has 9 heteroatoms. The van der Waals surface area contributed by atoms with E-state index in [0.29, 0.717) is 29.9 Å². The summed E-state index contributed by atoms with van der Waals surface area (Å²) in [4.78, 5) is 23.9. The lowest BCUT2D eigenvalue weighted by atomic mass is 9.66. The van der Waals surface area contributed by atoms with Crippen LogP contribution < -0.4 is 9.64 Å². The van der Waals surface area contributed by atoms with E-state index in [1.54, 1.807) is 11.8 Å². The van der Waals surface area contributed by atoms with Crippen molar-refractivity contribution in [2.45, 2.75) is 68.0 Å². The molecule has 1 fully saturated rings. The molecular weight excluding hydrogens is 630 g/mol. The van der Waals surface area contributed by atoms with E-state index in [2.05, 4.69) is 33.1 Å². The van der Waals surface area contributed by atoms with Crippen molar-refractivity contribution < 1.29 is 19.0 Å². The summed E-state index contributed by atoms with van der Waals surface area (Å²) in [6, 6.07) is 14.0. The number of methoxy groups -OCH3 is 2. The predicted octanol–water partition coefficient (Wildman–Crippen LogP) is 7.95. The second-order valence-corrected chi connectivity index (χ2v) is 15.1. The molecule has 7 nitrogen and oxygen atoms in total. The molecule has 3 aliphatic carbocycles. The van der Waals surface area contributed by atoms with Crippen LogP contribution in [-0.4, -0.2) is 61.7 Å².